The predicted molar refractivity (Wildman–Crippen MR) is 70.4 cm³/mol. The van der Waals surface area contributed by atoms with Crippen LogP contribution in [-0.4, -0.2) is 14.9 Å². The number of nitrogens with zero attached hydrogens (tertiary/aromatic N) is 2. The molecule has 1 aliphatic carbocycles. The van der Waals surface area contributed by atoms with Crippen LogP contribution < -0.4 is 0 Å². The van der Waals surface area contributed by atoms with Crippen molar-refractivity contribution < 1.29 is 5.11 Å². The van der Waals surface area contributed by atoms with Crippen LogP contribution >= 0.6 is 0 Å². The third-order valence-corrected chi connectivity index (χ3v) is 3.63. The maximum atomic E-state index is 10.4. The SMILES string of the molecule is CCn1nccc1C(O)c1ccc(C2CC2)cc1. The van der Waals surface area contributed by atoms with Crippen molar-refractivity contribution in [2.45, 2.75) is 38.3 Å². The summed E-state index contributed by atoms with van der Waals surface area (Å²) in [6.07, 6.45) is 3.77. The molecule has 0 bridgehead atoms. The second kappa shape index (κ2) is 4.58. The summed E-state index contributed by atoms with van der Waals surface area (Å²) in [6, 6.07) is 10.2. The lowest BCUT2D eigenvalue weighted by Gasteiger charge is -2.13. The fourth-order valence-electron chi connectivity index (χ4n) is 2.38. The van der Waals surface area contributed by atoms with Gasteiger partial charge in [-0.2, -0.15) is 5.10 Å². The molecule has 0 spiro atoms. The molecule has 0 saturated heterocycles. The highest BCUT2D eigenvalue weighted by molar-refractivity contribution is 5.32. The number of rotatable bonds is 4. The molecule has 3 nitrogen and oxygen atoms in total. The Morgan fingerprint density at radius 3 is 2.61 bits per heavy atom. The van der Waals surface area contributed by atoms with Gasteiger partial charge in [0.05, 0.1) is 5.69 Å². The number of aromatic nitrogens is 2. The van der Waals surface area contributed by atoms with Crippen molar-refractivity contribution in [2.24, 2.45) is 0 Å². The first-order valence-corrected chi connectivity index (χ1v) is 6.59. The Hall–Kier alpha value is -1.61. The van der Waals surface area contributed by atoms with E-state index >= 15 is 0 Å². The van der Waals surface area contributed by atoms with Gasteiger partial charge in [-0.25, -0.2) is 0 Å². The highest BCUT2D eigenvalue weighted by Gasteiger charge is 2.23. The molecule has 1 atom stereocenters. The minimum absolute atomic E-state index is 0.583. The summed E-state index contributed by atoms with van der Waals surface area (Å²) in [5.41, 5.74) is 3.20. The van der Waals surface area contributed by atoms with Gasteiger partial charge in [0.25, 0.3) is 0 Å². The Bertz CT molecular complexity index is 526. The fraction of sp³-hybridized carbons (Fsp3) is 0.400. The molecular weight excluding hydrogens is 224 g/mol. The van der Waals surface area contributed by atoms with E-state index in [-0.39, 0.29) is 0 Å². The molecule has 0 radical (unpaired) electrons. The van der Waals surface area contributed by atoms with Crippen LogP contribution in [0.2, 0.25) is 0 Å². The molecule has 1 N–H and O–H groups in total. The minimum Gasteiger partial charge on any atom is -0.382 e. The average molecular weight is 242 g/mol. The van der Waals surface area contributed by atoms with Crippen LogP contribution in [0.1, 0.15) is 48.6 Å². The van der Waals surface area contributed by atoms with E-state index in [4.69, 9.17) is 0 Å². The molecule has 1 aromatic heterocycles. The smallest absolute Gasteiger partial charge is 0.121 e. The number of aliphatic hydroxyl groups excluding tert-OH is 1. The van der Waals surface area contributed by atoms with Crippen molar-refractivity contribution >= 4 is 0 Å². The van der Waals surface area contributed by atoms with E-state index in [9.17, 15) is 5.11 Å². The summed E-state index contributed by atoms with van der Waals surface area (Å²) in [7, 11) is 0. The van der Waals surface area contributed by atoms with Gasteiger partial charge in [0.1, 0.15) is 6.10 Å². The van der Waals surface area contributed by atoms with Gasteiger partial charge >= 0.3 is 0 Å². The van der Waals surface area contributed by atoms with Gasteiger partial charge in [0.2, 0.25) is 0 Å². The van der Waals surface area contributed by atoms with Crippen molar-refractivity contribution in [3.05, 3.63) is 53.3 Å². The van der Waals surface area contributed by atoms with Gasteiger partial charge in [-0.15, -0.1) is 0 Å². The van der Waals surface area contributed by atoms with E-state index < -0.39 is 6.10 Å². The van der Waals surface area contributed by atoms with E-state index in [2.05, 4.69) is 17.2 Å². The maximum Gasteiger partial charge on any atom is 0.121 e. The molecule has 1 fully saturated rings. The van der Waals surface area contributed by atoms with E-state index in [1.54, 1.807) is 6.20 Å². The molecular formula is C15H18N2O. The maximum absolute atomic E-state index is 10.4. The van der Waals surface area contributed by atoms with E-state index in [0.717, 1.165) is 23.7 Å². The molecule has 1 heterocycles. The molecule has 1 aliphatic rings. The number of aryl methyl sites for hydroxylation is 1. The van der Waals surface area contributed by atoms with Crippen molar-refractivity contribution in [1.82, 2.24) is 9.78 Å². The molecule has 3 heteroatoms. The van der Waals surface area contributed by atoms with Crippen molar-refractivity contribution in [1.29, 1.82) is 0 Å². The summed E-state index contributed by atoms with van der Waals surface area (Å²) in [5, 5.41) is 14.6. The average Bonchev–Trinajstić information content (AvgIpc) is 3.16. The molecule has 0 aliphatic heterocycles. The highest BCUT2D eigenvalue weighted by Crippen LogP contribution is 2.40. The largest absolute Gasteiger partial charge is 0.382 e. The molecule has 1 unspecified atom stereocenters. The minimum atomic E-state index is -0.583. The highest BCUT2D eigenvalue weighted by atomic mass is 16.3. The van der Waals surface area contributed by atoms with Crippen molar-refractivity contribution in [2.75, 3.05) is 0 Å². The monoisotopic (exact) mass is 242 g/mol. The summed E-state index contributed by atoms with van der Waals surface area (Å²) < 4.78 is 1.83. The first-order valence-electron chi connectivity index (χ1n) is 6.59. The Labute approximate surface area is 107 Å². The Balaban J connectivity index is 1.84. The molecule has 1 aromatic carbocycles. The third-order valence-electron chi connectivity index (χ3n) is 3.63. The van der Waals surface area contributed by atoms with Gasteiger partial charge in [0, 0.05) is 12.7 Å². The summed E-state index contributed by atoms with van der Waals surface area (Å²) in [6.45, 7) is 2.80. The van der Waals surface area contributed by atoms with Gasteiger partial charge in [-0.3, -0.25) is 4.68 Å². The van der Waals surface area contributed by atoms with E-state index in [1.165, 1.54) is 18.4 Å². The van der Waals surface area contributed by atoms with Crippen LogP contribution in [0.25, 0.3) is 0 Å². The molecule has 0 amide bonds. The van der Waals surface area contributed by atoms with Gasteiger partial charge in [0.15, 0.2) is 0 Å². The van der Waals surface area contributed by atoms with Crippen LogP contribution in [-0.2, 0) is 6.54 Å². The Kier molecular flexibility index (Phi) is 2.92. The summed E-state index contributed by atoms with van der Waals surface area (Å²) in [5.74, 6) is 0.761. The number of benzene rings is 1. The van der Waals surface area contributed by atoms with E-state index in [0.29, 0.717) is 0 Å². The number of hydrogen-bond donors (Lipinski definition) is 1. The van der Waals surface area contributed by atoms with E-state index in [1.807, 2.05) is 29.8 Å². The van der Waals surface area contributed by atoms with Crippen molar-refractivity contribution in [3.63, 3.8) is 0 Å². The van der Waals surface area contributed by atoms with Gasteiger partial charge in [-0.1, -0.05) is 24.3 Å². The lowest BCUT2D eigenvalue weighted by molar-refractivity contribution is 0.208. The molecule has 1 saturated carbocycles. The first kappa shape index (κ1) is 11.5. The predicted octanol–water partition coefficient (Wildman–Crippen LogP) is 2.86. The third kappa shape index (κ3) is 2.06. The lowest BCUT2D eigenvalue weighted by Crippen LogP contribution is -2.09. The summed E-state index contributed by atoms with van der Waals surface area (Å²) >= 11 is 0. The van der Waals surface area contributed by atoms with Crippen LogP contribution in [0.5, 0.6) is 0 Å². The van der Waals surface area contributed by atoms with Crippen LogP contribution in [0.3, 0.4) is 0 Å². The second-order valence-electron chi connectivity index (χ2n) is 4.92. The van der Waals surface area contributed by atoms with Crippen molar-refractivity contribution in [3.8, 4) is 0 Å². The quantitative estimate of drug-likeness (QED) is 0.895. The lowest BCUT2D eigenvalue weighted by atomic mass is 10.0. The van der Waals surface area contributed by atoms with Gasteiger partial charge < -0.3 is 5.11 Å². The zero-order chi connectivity index (χ0) is 12.5. The zero-order valence-corrected chi connectivity index (χ0v) is 10.6. The summed E-state index contributed by atoms with van der Waals surface area (Å²) in [4.78, 5) is 0. The zero-order valence-electron chi connectivity index (χ0n) is 10.6. The molecule has 18 heavy (non-hydrogen) atoms. The van der Waals surface area contributed by atoms with Crippen LogP contribution in [0, 0.1) is 0 Å². The molecule has 2 aromatic rings. The van der Waals surface area contributed by atoms with Gasteiger partial charge in [-0.05, 0) is 42.9 Å². The van der Waals surface area contributed by atoms with Crippen LogP contribution in [0.15, 0.2) is 36.5 Å². The number of aliphatic hydroxyl groups is 1. The fourth-order valence-corrected chi connectivity index (χ4v) is 2.38. The first-order chi connectivity index (χ1) is 8.79. The molecule has 3 rings (SSSR count). The topological polar surface area (TPSA) is 38.0 Å². The normalized spacial score (nSPS) is 16.8. The number of hydrogen-bond acceptors (Lipinski definition) is 2. The van der Waals surface area contributed by atoms with Crippen LogP contribution in [0.4, 0.5) is 0 Å². The molecule has 94 valence electrons. The Morgan fingerprint density at radius 2 is 2.00 bits per heavy atom. The standard InChI is InChI=1S/C15H18N2O/c1-2-17-14(9-10-16-17)15(18)13-7-5-12(6-8-13)11-3-4-11/h5-11,15,18H,2-4H2,1H3. The second-order valence-corrected chi connectivity index (χ2v) is 4.92. The Morgan fingerprint density at radius 1 is 1.28 bits per heavy atom.